The molecule has 3 nitrogen and oxygen atoms in total. The van der Waals surface area contributed by atoms with E-state index >= 15 is 0 Å². The summed E-state index contributed by atoms with van der Waals surface area (Å²) in [6.45, 7) is 7.62. The number of nitrogens with two attached hydrogens (primary N) is 1. The van der Waals surface area contributed by atoms with Crippen LogP contribution >= 0.6 is 11.8 Å². The highest BCUT2D eigenvalue weighted by atomic mass is 32.2. The van der Waals surface area contributed by atoms with Crippen LogP contribution in [0.15, 0.2) is 60.7 Å². The molecule has 0 bridgehead atoms. The topological polar surface area (TPSA) is 32.5 Å². The van der Waals surface area contributed by atoms with Crippen LogP contribution in [-0.4, -0.2) is 61.4 Å². The lowest BCUT2D eigenvalue weighted by Crippen LogP contribution is -2.48. The average molecular weight is 356 g/mol. The van der Waals surface area contributed by atoms with Gasteiger partial charge in [0.1, 0.15) is 0 Å². The van der Waals surface area contributed by atoms with Crippen molar-refractivity contribution in [3.05, 3.63) is 71.8 Å². The molecule has 0 amide bonds. The molecule has 0 atom stereocenters. The van der Waals surface area contributed by atoms with Gasteiger partial charge in [0.25, 0.3) is 0 Å². The van der Waals surface area contributed by atoms with Gasteiger partial charge in [0, 0.05) is 51.6 Å². The predicted octanol–water partition coefficient (Wildman–Crippen LogP) is 3.09. The van der Waals surface area contributed by atoms with E-state index in [0.29, 0.717) is 5.25 Å². The maximum Gasteiger partial charge on any atom is 0.0547 e. The first-order valence-electron chi connectivity index (χ1n) is 9.23. The molecule has 0 spiro atoms. The third kappa shape index (κ3) is 5.58. The van der Waals surface area contributed by atoms with Gasteiger partial charge in [0.05, 0.1) is 5.25 Å². The van der Waals surface area contributed by atoms with Gasteiger partial charge in [-0.3, -0.25) is 9.80 Å². The number of hydrogen-bond acceptors (Lipinski definition) is 4. The minimum atomic E-state index is 0.418. The summed E-state index contributed by atoms with van der Waals surface area (Å²) in [6.07, 6.45) is 0. The fraction of sp³-hybridized carbons (Fsp3) is 0.429. The number of thioether (sulfide) groups is 1. The number of piperazine rings is 1. The molecule has 1 fully saturated rings. The van der Waals surface area contributed by atoms with Gasteiger partial charge in [-0.1, -0.05) is 60.7 Å². The van der Waals surface area contributed by atoms with Gasteiger partial charge in [-0.15, -0.1) is 11.8 Å². The number of benzene rings is 2. The van der Waals surface area contributed by atoms with E-state index in [2.05, 4.69) is 82.2 Å². The van der Waals surface area contributed by atoms with Crippen LogP contribution in [0, 0.1) is 0 Å². The van der Waals surface area contributed by atoms with Crippen molar-refractivity contribution in [2.75, 3.05) is 51.6 Å². The molecule has 2 N–H and O–H groups in total. The van der Waals surface area contributed by atoms with Crippen molar-refractivity contribution in [3.63, 3.8) is 0 Å². The highest BCUT2D eigenvalue weighted by Gasteiger charge is 2.18. The highest BCUT2D eigenvalue weighted by Crippen LogP contribution is 2.35. The summed E-state index contributed by atoms with van der Waals surface area (Å²) in [5, 5.41) is 0.418. The van der Waals surface area contributed by atoms with Crippen molar-refractivity contribution in [2.45, 2.75) is 5.25 Å². The van der Waals surface area contributed by atoms with Crippen molar-refractivity contribution < 1.29 is 0 Å². The lowest BCUT2D eigenvalue weighted by atomic mass is 10.0. The number of rotatable bonds is 8. The van der Waals surface area contributed by atoms with E-state index in [1.807, 2.05) is 0 Å². The van der Waals surface area contributed by atoms with Crippen LogP contribution in [0.1, 0.15) is 16.4 Å². The summed E-state index contributed by atoms with van der Waals surface area (Å²) in [6, 6.07) is 21.7. The van der Waals surface area contributed by atoms with Gasteiger partial charge in [0.2, 0.25) is 0 Å². The van der Waals surface area contributed by atoms with Crippen molar-refractivity contribution in [2.24, 2.45) is 5.73 Å². The van der Waals surface area contributed by atoms with Crippen molar-refractivity contribution in [3.8, 4) is 0 Å². The van der Waals surface area contributed by atoms with Gasteiger partial charge < -0.3 is 5.73 Å². The Balaban J connectivity index is 1.54. The van der Waals surface area contributed by atoms with E-state index in [1.165, 1.54) is 24.2 Å². The minimum Gasteiger partial charge on any atom is -0.329 e. The van der Waals surface area contributed by atoms with Gasteiger partial charge in [-0.2, -0.15) is 0 Å². The Kier molecular flexibility index (Phi) is 7.37. The smallest absolute Gasteiger partial charge is 0.0547 e. The van der Waals surface area contributed by atoms with E-state index in [4.69, 9.17) is 5.73 Å². The van der Waals surface area contributed by atoms with E-state index < -0.39 is 0 Å². The molecule has 1 aliphatic rings. The van der Waals surface area contributed by atoms with Gasteiger partial charge in [0.15, 0.2) is 0 Å². The third-order valence-corrected chi connectivity index (χ3v) is 6.10. The van der Waals surface area contributed by atoms with Crippen molar-refractivity contribution in [1.29, 1.82) is 0 Å². The van der Waals surface area contributed by atoms with Crippen LogP contribution in [0.25, 0.3) is 0 Å². The molecular weight excluding hydrogens is 326 g/mol. The SMILES string of the molecule is NCCN1CCN(CCSC(c2ccccc2)c2ccccc2)CC1. The number of hydrogen-bond donors (Lipinski definition) is 1. The summed E-state index contributed by atoms with van der Waals surface area (Å²) in [5.41, 5.74) is 8.45. The maximum absolute atomic E-state index is 5.66. The molecule has 0 unspecified atom stereocenters. The highest BCUT2D eigenvalue weighted by molar-refractivity contribution is 7.99. The minimum absolute atomic E-state index is 0.418. The Bertz CT molecular complexity index is 558. The molecule has 0 aromatic heterocycles. The lowest BCUT2D eigenvalue weighted by molar-refractivity contribution is 0.141. The second-order valence-corrected chi connectivity index (χ2v) is 7.76. The van der Waals surface area contributed by atoms with Crippen molar-refractivity contribution in [1.82, 2.24) is 9.80 Å². The lowest BCUT2D eigenvalue weighted by Gasteiger charge is -2.34. The van der Waals surface area contributed by atoms with Crippen LogP contribution in [0.2, 0.25) is 0 Å². The predicted molar refractivity (Wildman–Crippen MR) is 109 cm³/mol. The summed E-state index contributed by atoms with van der Waals surface area (Å²) < 4.78 is 0. The first-order valence-corrected chi connectivity index (χ1v) is 10.3. The zero-order valence-electron chi connectivity index (χ0n) is 14.9. The summed E-state index contributed by atoms with van der Waals surface area (Å²) in [4.78, 5) is 5.06. The molecule has 3 rings (SSSR count). The first kappa shape index (κ1) is 18.5. The molecule has 2 aromatic carbocycles. The Hall–Kier alpha value is -1.33. The second-order valence-electron chi connectivity index (χ2n) is 6.54. The van der Waals surface area contributed by atoms with E-state index in [0.717, 1.165) is 38.5 Å². The van der Waals surface area contributed by atoms with Gasteiger partial charge in [-0.25, -0.2) is 0 Å². The summed E-state index contributed by atoms with van der Waals surface area (Å²) in [7, 11) is 0. The zero-order chi connectivity index (χ0) is 17.3. The first-order chi connectivity index (χ1) is 12.4. The molecule has 134 valence electrons. The van der Waals surface area contributed by atoms with Crippen LogP contribution in [0.4, 0.5) is 0 Å². The van der Waals surface area contributed by atoms with Crippen LogP contribution in [0.3, 0.4) is 0 Å². The Labute approximate surface area is 156 Å². The molecule has 1 aliphatic heterocycles. The molecule has 1 heterocycles. The van der Waals surface area contributed by atoms with Crippen LogP contribution in [-0.2, 0) is 0 Å². The fourth-order valence-corrected chi connectivity index (χ4v) is 4.66. The average Bonchev–Trinajstić information content (AvgIpc) is 2.68. The molecule has 2 aromatic rings. The number of nitrogens with zero attached hydrogens (tertiary/aromatic N) is 2. The maximum atomic E-state index is 5.66. The molecule has 0 radical (unpaired) electrons. The standard InChI is InChI=1S/C21H29N3S/c22-11-12-23-13-15-24(16-14-23)17-18-25-21(19-7-3-1-4-8-19)20-9-5-2-6-10-20/h1-10,21H,11-18,22H2. The summed E-state index contributed by atoms with van der Waals surface area (Å²) >= 11 is 2.06. The summed E-state index contributed by atoms with van der Waals surface area (Å²) in [5.74, 6) is 1.16. The van der Waals surface area contributed by atoms with Gasteiger partial charge >= 0.3 is 0 Å². The molecule has 25 heavy (non-hydrogen) atoms. The Morgan fingerprint density at radius 3 is 1.72 bits per heavy atom. The monoisotopic (exact) mass is 355 g/mol. The zero-order valence-corrected chi connectivity index (χ0v) is 15.7. The fourth-order valence-electron chi connectivity index (χ4n) is 3.36. The largest absolute Gasteiger partial charge is 0.329 e. The molecule has 0 saturated carbocycles. The Morgan fingerprint density at radius 2 is 1.24 bits per heavy atom. The second kappa shape index (κ2) is 9.97. The molecule has 4 heteroatoms. The molecule has 1 saturated heterocycles. The van der Waals surface area contributed by atoms with E-state index in [1.54, 1.807) is 0 Å². The quantitative estimate of drug-likeness (QED) is 0.789. The van der Waals surface area contributed by atoms with Crippen LogP contribution in [0.5, 0.6) is 0 Å². The third-order valence-electron chi connectivity index (χ3n) is 4.81. The van der Waals surface area contributed by atoms with Crippen molar-refractivity contribution >= 4 is 11.8 Å². The Morgan fingerprint density at radius 1 is 0.760 bits per heavy atom. The van der Waals surface area contributed by atoms with E-state index in [-0.39, 0.29) is 0 Å². The van der Waals surface area contributed by atoms with Gasteiger partial charge in [-0.05, 0) is 11.1 Å². The van der Waals surface area contributed by atoms with E-state index in [9.17, 15) is 0 Å². The molecular formula is C21H29N3S. The molecule has 0 aliphatic carbocycles. The normalized spacial score (nSPS) is 16.4. The van der Waals surface area contributed by atoms with Crippen LogP contribution < -0.4 is 5.73 Å².